The molecule has 0 heterocycles. The summed E-state index contributed by atoms with van der Waals surface area (Å²) < 4.78 is 5.47. The first kappa shape index (κ1) is 18.8. The number of nitro groups is 1. The third-order valence-corrected chi connectivity index (χ3v) is 3.90. The maximum atomic E-state index is 12.2. The van der Waals surface area contributed by atoms with E-state index in [4.69, 9.17) is 4.74 Å². The zero-order valence-electron chi connectivity index (χ0n) is 14.7. The van der Waals surface area contributed by atoms with E-state index in [0.29, 0.717) is 17.0 Å². The normalized spacial score (nSPS) is 10.1. The first-order valence-corrected chi connectivity index (χ1v) is 8.40. The minimum absolute atomic E-state index is 0.0938. The number of non-ortho nitro benzene ring substituents is 1. The van der Waals surface area contributed by atoms with Crippen molar-refractivity contribution >= 4 is 23.1 Å². The zero-order chi connectivity index (χ0) is 19.9. The lowest BCUT2D eigenvalue weighted by Gasteiger charge is -2.08. The number of carbonyl (C=O) groups excluding carboxylic acids is 2. The Bertz CT molecular complexity index is 1000. The number of benzene rings is 3. The van der Waals surface area contributed by atoms with Gasteiger partial charge in [0.05, 0.1) is 4.92 Å². The first-order valence-electron chi connectivity index (χ1n) is 8.40. The lowest BCUT2D eigenvalue weighted by molar-refractivity contribution is -0.384. The fourth-order valence-corrected chi connectivity index (χ4v) is 2.45. The van der Waals surface area contributed by atoms with Crippen molar-refractivity contribution in [2.45, 2.75) is 0 Å². The van der Waals surface area contributed by atoms with Gasteiger partial charge in [-0.3, -0.25) is 19.7 Å². The van der Waals surface area contributed by atoms with Crippen molar-refractivity contribution in [2.24, 2.45) is 0 Å². The average Bonchev–Trinajstić information content (AvgIpc) is 2.73. The van der Waals surface area contributed by atoms with Crippen LogP contribution in [0.2, 0.25) is 0 Å². The molecule has 28 heavy (non-hydrogen) atoms. The van der Waals surface area contributed by atoms with Crippen LogP contribution < -0.4 is 10.1 Å². The van der Waals surface area contributed by atoms with E-state index in [9.17, 15) is 19.7 Å². The Morgan fingerprint density at radius 2 is 1.57 bits per heavy atom. The standard InChI is InChI=1S/C21H16N2O5/c24-20(15-5-2-1-3-6-15)14-28-19-11-9-17(10-12-19)22-21(25)16-7-4-8-18(13-16)23(26)27/h1-13H,14H2,(H,22,25). The van der Waals surface area contributed by atoms with Crippen LogP contribution in [0, 0.1) is 10.1 Å². The highest BCUT2D eigenvalue weighted by molar-refractivity contribution is 6.04. The van der Waals surface area contributed by atoms with Gasteiger partial charge in [0.15, 0.2) is 12.4 Å². The molecule has 7 heteroatoms. The van der Waals surface area contributed by atoms with Gasteiger partial charge in [0.25, 0.3) is 11.6 Å². The van der Waals surface area contributed by atoms with Crippen LogP contribution in [-0.4, -0.2) is 23.2 Å². The zero-order valence-corrected chi connectivity index (χ0v) is 14.7. The number of nitro benzene ring substituents is 1. The molecule has 0 atom stereocenters. The highest BCUT2D eigenvalue weighted by atomic mass is 16.6. The van der Waals surface area contributed by atoms with Gasteiger partial charge in [-0.05, 0) is 30.3 Å². The SMILES string of the molecule is O=C(COc1ccc(NC(=O)c2cccc([N+](=O)[O-])c2)cc1)c1ccccc1. The third kappa shape index (κ3) is 4.79. The summed E-state index contributed by atoms with van der Waals surface area (Å²) in [5.41, 5.74) is 1.10. The smallest absolute Gasteiger partial charge is 0.270 e. The van der Waals surface area contributed by atoms with E-state index in [1.165, 1.54) is 24.3 Å². The molecule has 0 fully saturated rings. The number of nitrogens with zero attached hydrogens (tertiary/aromatic N) is 1. The number of hydrogen-bond donors (Lipinski definition) is 1. The highest BCUT2D eigenvalue weighted by Gasteiger charge is 2.12. The summed E-state index contributed by atoms with van der Waals surface area (Å²) in [5, 5.41) is 13.5. The Hall–Kier alpha value is -4.00. The van der Waals surface area contributed by atoms with Crippen LogP contribution in [0.15, 0.2) is 78.9 Å². The molecule has 140 valence electrons. The monoisotopic (exact) mass is 376 g/mol. The second-order valence-corrected chi connectivity index (χ2v) is 5.86. The predicted octanol–water partition coefficient (Wildman–Crippen LogP) is 4.11. The molecular formula is C21H16N2O5. The van der Waals surface area contributed by atoms with Gasteiger partial charge < -0.3 is 10.1 Å². The molecule has 3 aromatic carbocycles. The lowest BCUT2D eigenvalue weighted by Crippen LogP contribution is -2.13. The quantitative estimate of drug-likeness (QED) is 0.380. The Kier molecular flexibility index (Phi) is 5.76. The predicted molar refractivity (Wildman–Crippen MR) is 104 cm³/mol. The molecule has 0 unspecified atom stereocenters. The van der Waals surface area contributed by atoms with Crippen LogP contribution in [0.5, 0.6) is 5.75 Å². The maximum Gasteiger partial charge on any atom is 0.270 e. The van der Waals surface area contributed by atoms with Crippen LogP contribution in [-0.2, 0) is 0 Å². The van der Waals surface area contributed by atoms with Gasteiger partial charge in [0.2, 0.25) is 0 Å². The summed E-state index contributed by atoms with van der Waals surface area (Å²) >= 11 is 0. The van der Waals surface area contributed by atoms with Gasteiger partial charge in [-0.1, -0.05) is 36.4 Å². The van der Waals surface area contributed by atoms with Crippen LogP contribution in [0.1, 0.15) is 20.7 Å². The van der Waals surface area contributed by atoms with Crippen molar-refractivity contribution in [3.05, 3.63) is 100 Å². The first-order chi connectivity index (χ1) is 13.5. The summed E-state index contributed by atoms with van der Waals surface area (Å²) in [6, 6.07) is 20.8. The highest BCUT2D eigenvalue weighted by Crippen LogP contribution is 2.18. The van der Waals surface area contributed by atoms with E-state index < -0.39 is 10.8 Å². The van der Waals surface area contributed by atoms with Crippen molar-refractivity contribution in [3.8, 4) is 5.75 Å². The number of ether oxygens (including phenoxy) is 1. The van der Waals surface area contributed by atoms with Gasteiger partial charge in [-0.15, -0.1) is 0 Å². The van der Waals surface area contributed by atoms with E-state index in [0.717, 1.165) is 0 Å². The minimum atomic E-state index is -0.556. The topological polar surface area (TPSA) is 98.5 Å². The third-order valence-electron chi connectivity index (χ3n) is 3.90. The molecule has 0 saturated heterocycles. The maximum absolute atomic E-state index is 12.2. The van der Waals surface area contributed by atoms with Crippen molar-refractivity contribution in [1.29, 1.82) is 0 Å². The van der Waals surface area contributed by atoms with Gasteiger partial charge in [-0.2, -0.15) is 0 Å². The molecule has 0 aliphatic rings. The molecule has 0 radical (unpaired) electrons. The Morgan fingerprint density at radius 1 is 0.893 bits per heavy atom. The van der Waals surface area contributed by atoms with E-state index in [-0.39, 0.29) is 23.6 Å². The summed E-state index contributed by atoms with van der Waals surface area (Å²) in [4.78, 5) is 34.5. The molecule has 0 aromatic heterocycles. The van der Waals surface area contributed by atoms with E-state index in [1.807, 2.05) is 6.07 Å². The minimum Gasteiger partial charge on any atom is -0.485 e. The molecule has 0 bridgehead atoms. The number of anilines is 1. The van der Waals surface area contributed by atoms with Crippen LogP contribution in [0.4, 0.5) is 11.4 Å². The largest absolute Gasteiger partial charge is 0.485 e. The number of rotatable bonds is 7. The fraction of sp³-hybridized carbons (Fsp3) is 0.0476. The Morgan fingerprint density at radius 3 is 2.25 bits per heavy atom. The van der Waals surface area contributed by atoms with E-state index in [1.54, 1.807) is 48.5 Å². The van der Waals surface area contributed by atoms with Crippen LogP contribution in [0.3, 0.4) is 0 Å². The molecule has 3 aromatic rings. The number of Topliss-reactive ketones (excluding diaryl/α,β-unsaturated/α-hetero) is 1. The molecule has 0 aliphatic heterocycles. The number of hydrogen-bond acceptors (Lipinski definition) is 5. The Balaban J connectivity index is 1.58. The average molecular weight is 376 g/mol. The molecular weight excluding hydrogens is 360 g/mol. The number of ketones is 1. The van der Waals surface area contributed by atoms with Crippen molar-refractivity contribution in [1.82, 2.24) is 0 Å². The summed E-state index contributed by atoms with van der Waals surface area (Å²) in [5.74, 6) is -0.113. The molecule has 0 saturated carbocycles. The van der Waals surface area contributed by atoms with Crippen molar-refractivity contribution < 1.29 is 19.2 Å². The van der Waals surface area contributed by atoms with Crippen molar-refractivity contribution in [2.75, 3.05) is 11.9 Å². The second kappa shape index (κ2) is 8.59. The van der Waals surface area contributed by atoms with Crippen molar-refractivity contribution in [3.63, 3.8) is 0 Å². The fourth-order valence-electron chi connectivity index (χ4n) is 2.45. The Labute approximate surface area is 160 Å². The molecule has 7 nitrogen and oxygen atoms in total. The van der Waals surface area contributed by atoms with Crippen LogP contribution >= 0.6 is 0 Å². The van der Waals surface area contributed by atoms with Gasteiger partial charge >= 0.3 is 0 Å². The van der Waals surface area contributed by atoms with Gasteiger partial charge in [-0.25, -0.2) is 0 Å². The van der Waals surface area contributed by atoms with Crippen LogP contribution in [0.25, 0.3) is 0 Å². The molecule has 1 N–H and O–H groups in total. The number of nitrogens with one attached hydrogen (secondary N) is 1. The summed E-state index contributed by atoms with van der Waals surface area (Å²) in [6.45, 7) is -0.0938. The molecule has 0 spiro atoms. The summed E-state index contributed by atoms with van der Waals surface area (Å²) in [6.07, 6.45) is 0. The van der Waals surface area contributed by atoms with E-state index >= 15 is 0 Å². The van der Waals surface area contributed by atoms with Gasteiger partial charge in [0, 0.05) is 28.9 Å². The van der Waals surface area contributed by atoms with Gasteiger partial charge in [0.1, 0.15) is 5.75 Å². The molecule has 1 amide bonds. The van der Waals surface area contributed by atoms with E-state index in [2.05, 4.69) is 5.32 Å². The molecule has 0 aliphatic carbocycles. The second-order valence-electron chi connectivity index (χ2n) is 5.86. The number of carbonyl (C=O) groups is 2. The summed E-state index contributed by atoms with van der Waals surface area (Å²) in [7, 11) is 0. The number of amides is 1. The molecule has 3 rings (SSSR count). The lowest BCUT2D eigenvalue weighted by atomic mass is 10.1.